The first-order valence-electron chi connectivity index (χ1n) is 3.66. The van der Waals surface area contributed by atoms with Crippen LogP contribution in [0.15, 0.2) is 24.5 Å². The molecule has 13 heavy (non-hydrogen) atoms. The van der Waals surface area contributed by atoms with Crippen molar-refractivity contribution >= 4 is 11.9 Å². The third-order valence-corrected chi connectivity index (χ3v) is 1.35. The van der Waals surface area contributed by atoms with Gasteiger partial charge in [-0.2, -0.15) is 0 Å². The predicted molar refractivity (Wildman–Crippen MR) is 45.7 cm³/mol. The summed E-state index contributed by atoms with van der Waals surface area (Å²) in [5.41, 5.74) is 5.50. The van der Waals surface area contributed by atoms with E-state index in [1.54, 1.807) is 24.5 Å². The zero-order valence-corrected chi connectivity index (χ0v) is 6.86. The maximum Gasteiger partial charge on any atom is 0.318 e. The Labute approximate surface area is 75.0 Å². The maximum absolute atomic E-state index is 11.0. The quantitative estimate of drug-likeness (QED) is 0.660. The molecule has 1 aromatic rings. The van der Waals surface area contributed by atoms with E-state index in [9.17, 15) is 9.59 Å². The van der Waals surface area contributed by atoms with E-state index < -0.39 is 11.9 Å². The van der Waals surface area contributed by atoms with Gasteiger partial charge in [-0.05, 0) is 11.6 Å². The number of pyridine rings is 1. The summed E-state index contributed by atoms with van der Waals surface area (Å²) in [7, 11) is 0. The number of carbonyl (C=O) groups excluding carboxylic acids is 2. The van der Waals surface area contributed by atoms with Crippen LogP contribution in [-0.2, 0) is 11.2 Å². The zero-order chi connectivity index (χ0) is 9.68. The van der Waals surface area contributed by atoms with E-state index in [0.717, 1.165) is 5.56 Å². The van der Waals surface area contributed by atoms with Crippen LogP contribution < -0.4 is 11.1 Å². The van der Waals surface area contributed by atoms with Gasteiger partial charge in [0.15, 0.2) is 0 Å². The van der Waals surface area contributed by atoms with Gasteiger partial charge in [0.1, 0.15) is 0 Å². The topological polar surface area (TPSA) is 85.1 Å². The fourth-order valence-corrected chi connectivity index (χ4v) is 0.870. The van der Waals surface area contributed by atoms with Crippen molar-refractivity contribution in [3.05, 3.63) is 30.1 Å². The van der Waals surface area contributed by atoms with Crippen molar-refractivity contribution in [3.8, 4) is 0 Å². The van der Waals surface area contributed by atoms with Gasteiger partial charge in [0.2, 0.25) is 5.91 Å². The number of hydrogen-bond donors (Lipinski definition) is 2. The highest BCUT2D eigenvalue weighted by molar-refractivity contribution is 5.94. The highest BCUT2D eigenvalue weighted by Crippen LogP contribution is 1.95. The SMILES string of the molecule is NC(=O)NC(=O)Cc1cccnc1. The van der Waals surface area contributed by atoms with Crippen molar-refractivity contribution in [2.45, 2.75) is 6.42 Å². The van der Waals surface area contributed by atoms with E-state index in [4.69, 9.17) is 5.73 Å². The van der Waals surface area contributed by atoms with Crippen molar-refractivity contribution in [3.63, 3.8) is 0 Å². The number of imide groups is 1. The number of nitrogens with one attached hydrogen (secondary N) is 1. The molecule has 0 aliphatic rings. The molecule has 0 atom stereocenters. The largest absolute Gasteiger partial charge is 0.351 e. The van der Waals surface area contributed by atoms with Gasteiger partial charge in [0, 0.05) is 12.4 Å². The van der Waals surface area contributed by atoms with Gasteiger partial charge in [-0.15, -0.1) is 0 Å². The van der Waals surface area contributed by atoms with Crippen molar-refractivity contribution in [1.29, 1.82) is 0 Å². The highest BCUT2D eigenvalue weighted by Gasteiger charge is 2.04. The van der Waals surface area contributed by atoms with E-state index >= 15 is 0 Å². The second kappa shape index (κ2) is 4.20. The van der Waals surface area contributed by atoms with Gasteiger partial charge in [0.25, 0.3) is 0 Å². The minimum atomic E-state index is -0.839. The molecule has 0 aromatic carbocycles. The Kier molecular flexibility index (Phi) is 2.97. The average molecular weight is 179 g/mol. The summed E-state index contributed by atoms with van der Waals surface area (Å²) in [6, 6.07) is 2.62. The number of carbonyl (C=O) groups is 2. The summed E-state index contributed by atoms with van der Waals surface area (Å²) in [6.45, 7) is 0. The molecule has 0 bridgehead atoms. The van der Waals surface area contributed by atoms with Crippen LogP contribution in [0, 0.1) is 0 Å². The van der Waals surface area contributed by atoms with Crippen molar-refractivity contribution < 1.29 is 9.59 Å². The summed E-state index contributed by atoms with van der Waals surface area (Å²) >= 11 is 0. The van der Waals surface area contributed by atoms with Crippen LogP contribution in [0.1, 0.15) is 5.56 Å². The van der Waals surface area contributed by atoms with Gasteiger partial charge in [-0.3, -0.25) is 15.1 Å². The molecule has 0 aliphatic heterocycles. The number of nitrogens with zero attached hydrogens (tertiary/aromatic N) is 1. The Bertz CT molecular complexity index is 310. The number of nitrogens with two attached hydrogens (primary N) is 1. The fraction of sp³-hybridized carbons (Fsp3) is 0.125. The standard InChI is InChI=1S/C8H9N3O2/c9-8(13)11-7(12)4-6-2-1-3-10-5-6/h1-3,5H,4H2,(H3,9,11,12,13). The molecule has 3 amide bonds. The molecule has 0 aliphatic carbocycles. The van der Waals surface area contributed by atoms with Crippen molar-refractivity contribution in [2.75, 3.05) is 0 Å². The number of urea groups is 1. The number of hydrogen-bond acceptors (Lipinski definition) is 3. The Morgan fingerprint density at radius 3 is 2.85 bits per heavy atom. The van der Waals surface area contributed by atoms with Gasteiger partial charge in [0.05, 0.1) is 6.42 Å². The lowest BCUT2D eigenvalue weighted by molar-refractivity contribution is -0.119. The zero-order valence-electron chi connectivity index (χ0n) is 6.86. The molecule has 0 spiro atoms. The van der Waals surface area contributed by atoms with Crippen LogP contribution in [0.5, 0.6) is 0 Å². The second-order valence-electron chi connectivity index (χ2n) is 2.45. The minimum Gasteiger partial charge on any atom is -0.351 e. The second-order valence-corrected chi connectivity index (χ2v) is 2.45. The first-order valence-corrected chi connectivity index (χ1v) is 3.66. The van der Waals surface area contributed by atoms with Crippen LogP contribution >= 0.6 is 0 Å². The first kappa shape index (κ1) is 9.18. The number of rotatable bonds is 2. The molecule has 0 saturated carbocycles. The van der Waals surface area contributed by atoms with Crippen LogP contribution in [0.25, 0.3) is 0 Å². The summed E-state index contributed by atoms with van der Waals surface area (Å²) in [5.74, 6) is -0.430. The molecule has 0 saturated heterocycles. The summed E-state index contributed by atoms with van der Waals surface area (Å²) in [4.78, 5) is 25.1. The lowest BCUT2D eigenvalue weighted by atomic mass is 10.2. The number of primary amides is 1. The van der Waals surface area contributed by atoms with Gasteiger partial charge in [-0.25, -0.2) is 4.79 Å². The smallest absolute Gasteiger partial charge is 0.318 e. The molecule has 5 heteroatoms. The molecule has 1 aromatic heterocycles. The van der Waals surface area contributed by atoms with Crippen LogP contribution in [0.3, 0.4) is 0 Å². The monoisotopic (exact) mass is 179 g/mol. The number of amides is 3. The maximum atomic E-state index is 11.0. The van der Waals surface area contributed by atoms with Crippen LogP contribution in [0.4, 0.5) is 4.79 Å². The normalized spacial score (nSPS) is 9.23. The third-order valence-electron chi connectivity index (χ3n) is 1.35. The molecule has 0 unspecified atom stereocenters. The van der Waals surface area contributed by atoms with Crippen LogP contribution in [-0.4, -0.2) is 16.9 Å². The minimum absolute atomic E-state index is 0.108. The molecule has 68 valence electrons. The van der Waals surface area contributed by atoms with Gasteiger partial charge >= 0.3 is 6.03 Å². The molecule has 0 radical (unpaired) electrons. The predicted octanol–water partition coefficient (Wildman–Crippen LogP) is -0.181. The van der Waals surface area contributed by atoms with Gasteiger partial charge in [-0.1, -0.05) is 6.07 Å². The lowest BCUT2D eigenvalue weighted by Crippen LogP contribution is -2.35. The molecule has 5 nitrogen and oxygen atoms in total. The van der Waals surface area contributed by atoms with E-state index in [-0.39, 0.29) is 6.42 Å². The van der Waals surface area contributed by atoms with E-state index in [1.165, 1.54) is 0 Å². The lowest BCUT2D eigenvalue weighted by Gasteiger charge is -1.99. The Hall–Kier alpha value is -1.91. The molecule has 3 N–H and O–H groups in total. The molecular weight excluding hydrogens is 170 g/mol. The first-order chi connectivity index (χ1) is 6.18. The fourth-order valence-electron chi connectivity index (χ4n) is 0.870. The van der Waals surface area contributed by atoms with Crippen LogP contribution in [0.2, 0.25) is 0 Å². The number of aromatic nitrogens is 1. The molecule has 0 fully saturated rings. The average Bonchev–Trinajstić information content (AvgIpc) is 2.04. The Balaban J connectivity index is 2.50. The molecule has 1 heterocycles. The third kappa shape index (κ3) is 3.33. The van der Waals surface area contributed by atoms with Gasteiger partial charge < -0.3 is 5.73 Å². The van der Waals surface area contributed by atoms with E-state index in [2.05, 4.69) is 4.98 Å². The Morgan fingerprint density at radius 1 is 1.54 bits per heavy atom. The summed E-state index contributed by atoms with van der Waals surface area (Å²) in [6.07, 6.45) is 3.27. The van der Waals surface area contributed by atoms with Crippen molar-refractivity contribution in [2.24, 2.45) is 5.73 Å². The molecular formula is C8H9N3O2. The summed E-state index contributed by atoms with van der Waals surface area (Å²) in [5, 5.41) is 1.96. The molecule has 1 rings (SSSR count). The highest BCUT2D eigenvalue weighted by atomic mass is 16.2. The summed E-state index contributed by atoms with van der Waals surface area (Å²) < 4.78 is 0. The van der Waals surface area contributed by atoms with E-state index in [1.807, 2.05) is 5.32 Å². The van der Waals surface area contributed by atoms with E-state index in [0.29, 0.717) is 0 Å². The van der Waals surface area contributed by atoms with Crippen molar-refractivity contribution in [1.82, 2.24) is 10.3 Å². The Morgan fingerprint density at radius 2 is 2.31 bits per heavy atom.